The topological polar surface area (TPSA) is 43.7 Å². The Balaban J connectivity index is 0.000000843. The second kappa shape index (κ2) is 15.2. The molecule has 0 amide bonds. The maximum Gasteiger partial charge on any atom is 0.123 e. The molecule has 2 aliphatic carbocycles. The number of phenolic OH excluding ortho intramolecular Hbond substituents is 1. The summed E-state index contributed by atoms with van der Waals surface area (Å²) in [7, 11) is 2.12. The Morgan fingerprint density at radius 1 is 0.750 bits per heavy atom. The van der Waals surface area contributed by atoms with E-state index < -0.39 is 0 Å². The van der Waals surface area contributed by atoms with Gasteiger partial charge in [0.1, 0.15) is 5.75 Å². The van der Waals surface area contributed by atoms with E-state index in [0.717, 1.165) is 36.1 Å². The first-order chi connectivity index (χ1) is 20.0. The predicted octanol–water partition coefficient (Wildman–Crippen LogP) is 11.9. The highest BCUT2D eigenvalue weighted by molar-refractivity contribution is 5.47. The van der Waals surface area contributed by atoms with Crippen LogP contribution in [0.3, 0.4) is 0 Å². The van der Waals surface area contributed by atoms with Gasteiger partial charge in [-0.25, -0.2) is 0 Å². The number of hydrogen-bond acceptors (Lipinski definition) is 3. The fraction of sp³-hybridized carbons (Fsp3) is 0.756. The second-order valence-corrected chi connectivity index (χ2v) is 18.5. The maximum atomic E-state index is 11.4. The van der Waals surface area contributed by atoms with Gasteiger partial charge < -0.3 is 15.1 Å². The number of aliphatic hydroxyl groups is 1. The smallest absolute Gasteiger partial charge is 0.123 e. The molecule has 1 fully saturated rings. The first kappa shape index (κ1) is 38.4. The van der Waals surface area contributed by atoms with Crippen LogP contribution in [0.5, 0.6) is 5.75 Å². The molecule has 0 aliphatic heterocycles. The fourth-order valence-electron chi connectivity index (χ4n) is 7.35. The SMILES string of the molecule is C1CCCCCC1.CC1C(C(C)(C)C)=CC(CCN(C)Cc2cc(CC(C)(C)C)cc(C(C)(C)C)c2O)=C(O)C1C(C)(C)C. The van der Waals surface area contributed by atoms with Crippen LogP contribution in [0.25, 0.3) is 0 Å². The van der Waals surface area contributed by atoms with Crippen LogP contribution in [0.2, 0.25) is 0 Å². The van der Waals surface area contributed by atoms with E-state index in [9.17, 15) is 10.2 Å². The van der Waals surface area contributed by atoms with Crippen LogP contribution >= 0.6 is 0 Å². The van der Waals surface area contributed by atoms with Crippen molar-refractivity contribution in [1.82, 2.24) is 4.90 Å². The molecule has 0 radical (unpaired) electrons. The van der Waals surface area contributed by atoms with Crippen molar-refractivity contribution in [1.29, 1.82) is 0 Å². The fourth-order valence-corrected chi connectivity index (χ4v) is 7.35. The van der Waals surface area contributed by atoms with Gasteiger partial charge in [-0.2, -0.15) is 0 Å². The molecule has 0 saturated heterocycles. The summed E-state index contributed by atoms with van der Waals surface area (Å²) in [5.41, 5.74) is 5.87. The number of aromatic hydroxyl groups is 1. The molecule has 0 aromatic heterocycles. The summed E-state index contributed by atoms with van der Waals surface area (Å²) >= 11 is 0. The second-order valence-electron chi connectivity index (χ2n) is 18.5. The normalized spacial score (nSPS) is 20.7. The number of benzene rings is 1. The number of allylic oxidation sites excluding steroid dienone is 3. The van der Waals surface area contributed by atoms with Crippen molar-refractivity contribution in [2.75, 3.05) is 13.6 Å². The summed E-state index contributed by atoms with van der Waals surface area (Å²) < 4.78 is 0. The van der Waals surface area contributed by atoms with Gasteiger partial charge in [0.2, 0.25) is 0 Å². The Morgan fingerprint density at radius 3 is 1.66 bits per heavy atom. The Labute approximate surface area is 273 Å². The Bertz CT molecular complexity index is 1110. The van der Waals surface area contributed by atoms with Gasteiger partial charge in [0, 0.05) is 24.6 Å². The lowest BCUT2D eigenvalue weighted by atomic mass is 9.62. The van der Waals surface area contributed by atoms with E-state index in [-0.39, 0.29) is 27.6 Å². The number of rotatable bonds is 6. The summed E-state index contributed by atoms with van der Waals surface area (Å²) in [6.45, 7) is 30.6. The van der Waals surface area contributed by atoms with Crippen LogP contribution in [0.15, 0.2) is 35.1 Å². The molecule has 2 aliphatic rings. The van der Waals surface area contributed by atoms with E-state index in [0.29, 0.717) is 24.0 Å². The third kappa shape index (κ3) is 11.6. The molecule has 1 saturated carbocycles. The molecular formula is C41H71NO2. The molecule has 2 atom stereocenters. The average molecular weight is 610 g/mol. The Morgan fingerprint density at radius 2 is 1.25 bits per heavy atom. The zero-order chi connectivity index (χ0) is 33.7. The van der Waals surface area contributed by atoms with Crippen molar-refractivity contribution in [3.8, 4) is 5.75 Å². The minimum Gasteiger partial charge on any atom is -0.512 e. The quantitative estimate of drug-likeness (QED) is 0.315. The first-order valence-electron chi connectivity index (χ1n) is 17.7. The number of aliphatic hydroxyl groups excluding tert-OH is 1. The highest BCUT2D eigenvalue weighted by atomic mass is 16.3. The molecule has 44 heavy (non-hydrogen) atoms. The molecule has 0 heterocycles. The lowest BCUT2D eigenvalue weighted by molar-refractivity contribution is 0.142. The summed E-state index contributed by atoms with van der Waals surface area (Å²) in [5, 5.41) is 22.7. The predicted molar refractivity (Wildman–Crippen MR) is 193 cm³/mol. The monoisotopic (exact) mass is 610 g/mol. The molecule has 3 nitrogen and oxygen atoms in total. The average Bonchev–Trinajstić information content (AvgIpc) is 3.16. The van der Waals surface area contributed by atoms with E-state index in [4.69, 9.17) is 0 Å². The van der Waals surface area contributed by atoms with Gasteiger partial charge in [-0.05, 0) is 64.2 Å². The molecule has 2 unspecified atom stereocenters. The van der Waals surface area contributed by atoms with Crippen molar-refractivity contribution in [3.63, 3.8) is 0 Å². The van der Waals surface area contributed by atoms with Gasteiger partial charge in [0.05, 0.1) is 5.76 Å². The van der Waals surface area contributed by atoms with Gasteiger partial charge in [-0.3, -0.25) is 0 Å². The van der Waals surface area contributed by atoms with Crippen molar-refractivity contribution in [3.05, 3.63) is 51.8 Å². The van der Waals surface area contributed by atoms with Crippen molar-refractivity contribution in [2.24, 2.45) is 28.1 Å². The zero-order valence-electron chi connectivity index (χ0n) is 31.5. The van der Waals surface area contributed by atoms with Gasteiger partial charge in [0.15, 0.2) is 0 Å². The van der Waals surface area contributed by atoms with Gasteiger partial charge in [0.25, 0.3) is 0 Å². The third-order valence-electron chi connectivity index (χ3n) is 9.49. The lowest BCUT2D eigenvalue weighted by Crippen LogP contribution is -2.36. The molecule has 252 valence electrons. The third-order valence-corrected chi connectivity index (χ3v) is 9.49. The molecule has 0 bridgehead atoms. The highest BCUT2D eigenvalue weighted by Crippen LogP contribution is 2.49. The van der Waals surface area contributed by atoms with E-state index in [1.54, 1.807) is 0 Å². The number of hydrogen-bond donors (Lipinski definition) is 2. The van der Waals surface area contributed by atoms with Crippen molar-refractivity contribution in [2.45, 2.75) is 160 Å². The summed E-state index contributed by atoms with van der Waals surface area (Å²) in [5.74, 6) is 1.40. The van der Waals surface area contributed by atoms with Crippen LogP contribution in [0.1, 0.15) is 158 Å². The van der Waals surface area contributed by atoms with E-state index in [1.165, 1.54) is 56.1 Å². The van der Waals surface area contributed by atoms with Crippen LogP contribution in [0, 0.1) is 28.1 Å². The number of nitrogens with zero attached hydrogens (tertiary/aromatic N) is 1. The maximum absolute atomic E-state index is 11.4. The lowest BCUT2D eigenvalue weighted by Gasteiger charge is -2.43. The molecule has 1 aromatic rings. The van der Waals surface area contributed by atoms with E-state index >= 15 is 0 Å². The minimum absolute atomic E-state index is 0.0198. The van der Waals surface area contributed by atoms with Gasteiger partial charge in [-0.15, -0.1) is 0 Å². The molecular weight excluding hydrogens is 538 g/mol. The minimum atomic E-state index is -0.128. The Hall–Kier alpha value is -1.74. The van der Waals surface area contributed by atoms with E-state index in [2.05, 4.69) is 120 Å². The summed E-state index contributed by atoms with van der Waals surface area (Å²) in [6.07, 6.45) is 14.5. The highest BCUT2D eigenvalue weighted by Gasteiger charge is 2.41. The molecule has 3 heteroatoms. The standard InChI is InChI=1S/C34H57NO2.C7H14/c1-22-26(32(5,6)7)19-24(30(37)28(22)34(11,12)13)15-16-35(14)21-25-17-23(20-31(2,3)4)18-27(29(25)36)33(8,9)10;1-2-4-6-7-5-3-1/h17-19,22,28,36-37H,15-16,20-21H2,1-14H3;1-7H2. The van der Waals surface area contributed by atoms with E-state index in [1.807, 2.05) is 0 Å². The first-order valence-corrected chi connectivity index (χ1v) is 17.7. The van der Waals surface area contributed by atoms with Crippen molar-refractivity contribution >= 4 is 0 Å². The van der Waals surface area contributed by atoms with Crippen LogP contribution in [0.4, 0.5) is 0 Å². The van der Waals surface area contributed by atoms with Gasteiger partial charge >= 0.3 is 0 Å². The largest absolute Gasteiger partial charge is 0.512 e. The summed E-state index contributed by atoms with van der Waals surface area (Å²) in [6, 6.07) is 4.39. The molecule has 0 spiro atoms. The van der Waals surface area contributed by atoms with Crippen molar-refractivity contribution < 1.29 is 10.2 Å². The van der Waals surface area contributed by atoms with Crippen LogP contribution in [-0.4, -0.2) is 28.7 Å². The molecule has 3 rings (SSSR count). The molecule has 1 aromatic carbocycles. The molecule has 2 N–H and O–H groups in total. The van der Waals surface area contributed by atoms with Gasteiger partial charge in [-0.1, -0.05) is 159 Å². The van der Waals surface area contributed by atoms with Crippen LogP contribution < -0.4 is 0 Å². The zero-order valence-corrected chi connectivity index (χ0v) is 31.5. The number of phenols is 1. The van der Waals surface area contributed by atoms with Crippen LogP contribution in [-0.2, 0) is 18.4 Å². The Kier molecular flexibility index (Phi) is 13.3. The summed E-state index contributed by atoms with van der Waals surface area (Å²) in [4.78, 5) is 2.28.